The van der Waals surface area contributed by atoms with Gasteiger partial charge in [-0.2, -0.15) is 0 Å². The lowest BCUT2D eigenvalue weighted by molar-refractivity contribution is -0.144. The molecule has 5 nitrogen and oxygen atoms in total. The fourth-order valence-corrected chi connectivity index (χ4v) is 1.36. The number of hydrogen-bond donors (Lipinski definition) is 1. The van der Waals surface area contributed by atoms with E-state index in [0.29, 0.717) is 12.5 Å². The molecule has 0 saturated carbocycles. The van der Waals surface area contributed by atoms with Crippen LogP contribution in [0.1, 0.15) is 20.8 Å². The summed E-state index contributed by atoms with van der Waals surface area (Å²) in [4.78, 5) is 35.2. The third-order valence-corrected chi connectivity index (χ3v) is 2.29. The first-order valence-corrected chi connectivity index (χ1v) is 5.26. The van der Waals surface area contributed by atoms with Crippen LogP contribution in [0.3, 0.4) is 0 Å². The third kappa shape index (κ3) is 2.68. The molecule has 1 N–H and O–H groups in total. The highest BCUT2D eigenvalue weighted by atomic mass is 16.2. The number of carbonyl (C=O) groups is 3. The molecule has 1 unspecified atom stereocenters. The molecule has 16 heavy (non-hydrogen) atoms. The molecule has 1 aliphatic rings. The molecule has 0 radical (unpaired) electrons. The second-order valence-corrected chi connectivity index (χ2v) is 4.19. The summed E-state index contributed by atoms with van der Waals surface area (Å²) in [5, 5.41) is 2.69. The number of carbonyl (C=O) groups excluding carboxylic acids is 3. The van der Waals surface area contributed by atoms with Gasteiger partial charge in [-0.3, -0.25) is 19.3 Å². The van der Waals surface area contributed by atoms with Gasteiger partial charge >= 0.3 is 0 Å². The van der Waals surface area contributed by atoms with Gasteiger partial charge in [-0.05, 0) is 12.8 Å². The van der Waals surface area contributed by atoms with Gasteiger partial charge in [-0.15, -0.1) is 0 Å². The Hall–Kier alpha value is -1.65. The summed E-state index contributed by atoms with van der Waals surface area (Å²) in [6, 6.07) is -0.756. The number of amides is 3. The Morgan fingerprint density at radius 1 is 1.25 bits per heavy atom. The van der Waals surface area contributed by atoms with E-state index in [9.17, 15) is 14.4 Å². The lowest BCUT2D eigenvalue weighted by Crippen LogP contribution is -2.48. The zero-order valence-corrected chi connectivity index (χ0v) is 9.69. The summed E-state index contributed by atoms with van der Waals surface area (Å²) < 4.78 is 0. The highest BCUT2D eigenvalue weighted by molar-refractivity contribution is 6.15. The van der Waals surface area contributed by atoms with Crippen LogP contribution in [0.15, 0.2) is 12.2 Å². The average molecular weight is 224 g/mol. The smallest absolute Gasteiger partial charge is 0.254 e. The Labute approximate surface area is 94.5 Å². The van der Waals surface area contributed by atoms with Crippen LogP contribution in [0.4, 0.5) is 0 Å². The molecule has 0 aromatic carbocycles. The third-order valence-electron chi connectivity index (χ3n) is 2.29. The molecule has 88 valence electrons. The quantitative estimate of drug-likeness (QED) is 0.687. The molecule has 3 amide bonds. The maximum absolute atomic E-state index is 11.6. The summed E-state index contributed by atoms with van der Waals surface area (Å²) in [6.45, 7) is 6.02. The highest BCUT2D eigenvalue weighted by Gasteiger charge is 2.32. The molecule has 1 heterocycles. The standard InChI is InChI=1S/C11H16N2O3/c1-7(2)6-12-11(16)8(3)13-9(14)4-5-10(13)15/h4-5,7-8H,6H2,1-3H3,(H,12,16). The van der Waals surface area contributed by atoms with Crippen LogP contribution >= 0.6 is 0 Å². The Morgan fingerprint density at radius 3 is 2.19 bits per heavy atom. The largest absolute Gasteiger partial charge is 0.354 e. The van der Waals surface area contributed by atoms with E-state index in [0.717, 1.165) is 4.90 Å². The Balaban J connectivity index is 2.57. The molecule has 1 aliphatic heterocycles. The van der Waals surface area contributed by atoms with Crippen LogP contribution in [-0.2, 0) is 14.4 Å². The van der Waals surface area contributed by atoms with Gasteiger partial charge in [0.15, 0.2) is 0 Å². The molecule has 0 spiro atoms. The van der Waals surface area contributed by atoms with Crippen LogP contribution in [0.5, 0.6) is 0 Å². The Bertz CT molecular complexity index is 329. The van der Waals surface area contributed by atoms with E-state index in [2.05, 4.69) is 5.32 Å². The molecule has 0 bridgehead atoms. The fraction of sp³-hybridized carbons (Fsp3) is 0.545. The second kappa shape index (κ2) is 4.92. The summed E-state index contributed by atoms with van der Waals surface area (Å²) in [5.41, 5.74) is 0. The first-order chi connectivity index (χ1) is 7.43. The van der Waals surface area contributed by atoms with Gasteiger partial charge in [0.1, 0.15) is 6.04 Å². The highest BCUT2D eigenvalue weighted by Crippen LogP contribution is 2.09. The second-order valence-electron chi connectivity index (χ2n) is 4.19. The van der Waals surface area contributed by atoms with Crippen LogP contribution in [0.25, 0.3) is 0 Å². The van der Waals surface area contributed by atoms with Crippen molar-refractivity contribution in [1.82, 2.24) is 10.2 Å². The van der Waals surface area contributed by atoms with Gasteiger partial charge in [0.25, 0.3) is 11.8 Å². The molecule has 5 heteroatoms. The van der Waals surface area contributed by atoms with E-state index >= 15 is 0 Å². The molecule has 0 aliphatic carbocycles. The molecule has 0 fully saturated rings. The normalized spacial score (nSPS) is 17.1. The SMILES string of the molecule is CC(C)CNC(=O)C(C)N1C(=O)C=CC1=O. The maximum atomic E-state index is 11.6. The van der Waals surface area contributed by atoms with Gasteiger partial charge in [-0.25, -0.2) is 0 Å². The number of rotatable bonds is 4. The van der Waals surface area contributed by atoms with Crippen molar-refractivity contribution < 1.29 is 14.4 Å². The van der Waals surface area contributed by atoms with Crippen molar-refractivity contribution in [2.24, 2.45) is 5.92 Å². The maximum Gasteiger partial charge on any atom is 0.254 e. The summed E-state index contributed by atoms with van der Waals surface area (Å²) in [7, 11) is 0. The number of nitrogens with one attached hydrogen (secondary N) is 1. The lowest BCUT2D eigenvalue weighted by atomic mass is 10.2. The van der Waals surface area contributed by atoms with Crippen LogP contribution in [0.2, 0.25) is 0 Å². The summed E-state index contributed by atoms with van der Waals surface area (Å²) in [6.07, 6.45) is 2.35. The molecule has 1 rings (SSSR count). The Morgan fingerprint density at radius 2 is 1.75 bits per heavy atom. The Kier molecular flexibility index (Phi) is 3.82. The van der Waals surface area contributed by atoms with Gasteiger partial charge in [0, 0.05) is 18.7 Å². The van der Waals surface area contributed by atoms with E-state index in [4.69, 9.17) is 0 Å². The van der Waals surface area contributed by atoms with Crippen LogP contribution in [0, 0.1) is 5.92 Å². The van der Waals surface area contributed by atoms with Crippen molar-refractivity contribution in [3.8, 4) is 0 Å². The molecular weight excluding hydrogens is 208 g/mol. The summed E-state index contributed by atoms with van der Waals surface area (Å²) >= 11 is 0. The minimum atomic E-state index is -0.756. The van der Waals surface area contributed by atoms with Crippen LogP contribution in [-0.4, -0.2) is 35.2 Å². The summed E-state index contributed by atoms with van der Waals surface area (Å²) in [5.74, 6) is -0.840. The topological polar surface area (TPSA) is 66.5 Å². The molecule has 1 atom stereocenters. The van der Waals surface area contributed by atoms with E-state index in [1.54, 1.807) is 6.92 Å². The first kappa shape index (κ1) is 12.4. The minimum absolute atomic E-state index is 0.306. The van der Waals surface area contributed by atoms with E-state index in [-0.39, 0.29) is 5.91 Å². The number of nitrogens with zero attached hydrogens (tertiary/aromatic N) is 1. The minimum Gasteiger partial charge on any atom is -0.354 e. The lowest BCUT2D eigenvalue weighted by Gasteiger charge is -2.21. The molecule has 0 saturated heterocycles. The molecule has 0 aromatic heterocycles. The van der Waals surface area contributed by atoms with Crippen molar-refractivity contribution in [2.75, 3.05) is 6.54 Å². The van der Waals surface area contributed by atoms with Crippen molar-refractivity contribution in [2.45, 2.75) is 26.8 Å². The van der Waals surface area contributed by atoms with Crippen LogP contribution < -0.4 is 5.32 Å². The zero-order chi connectivity index (χ0) is 12.3. The monoisotopic (exact) mass is 224 g/mol. The van der Waals surface area contributed by atoms with Crippen molar-refractivity contribution in [3.63, 3.8) is 0 Å². The first-order valence-electron chi connectivity index (χ1n) is 5.26. The van der Waals surface area contributed by atoms with Crippen molar-refractivity contribution >= 4 is 17.7 Å². The average Bonchev–Trinajstić information content (AvgIpc) is 2.54. The van der Waals surface area contributed by atoms with E-state index in [1.165, 1.54) is 12.2 Å². The number of imide groups is 1. The van der Waals surface area contributed by atoms with Gasteiger partial charge < -0.3 is 5.32 Å². The van der Waals surface area contributed by atoms with E-state index < -0.39 is 17.9 Å². The van der Waals surface area contributed by atoms with Crippen molar-refractivity contribution in [3.05, 3.63) is 12.2 Å². The number of hydrogen-bond acceptors (Lipinski definition) is 3. The van der Waals surface area contributed by atoms with Crippen molar-refractivity contribution in [1.29, 1.82) is 0 Å². The van der Waals surface area contributed by atoms with Gasteiger partial charge in [0.2, 0.25) is 5.91 Å². The molecular formula is C11H16N2O3. The van der Waals surface area contributed by atoms with Gasteiger partial charge in [0.05, 0.1) is 0 Å². The zero-order valence-electron chi connectivity index (χ0n) is 9.69. The van der Waals surface area contributed by atoms with E-state index in [1.807, 2.05) is 13.8 Å². The fourth-order valence-electron chi connectivity index (χ4n) is 1.36. The van der Waals surface area contributed by atoms with Gasteiger partial charge in [-0.1, -0.05) is 13.8 Å². The predicted molar refractivity (Wildman–Crippen MR) is 58.3 cm³/mol. The molecule has 0 aromatic rings. The predicted octanol–water partition coefficient (Wildman–Crippen LogP) is 0.0721.